The Balaban J connectivity index is 2.12. The molecule has 0 saturated heterocycles. The smallest absolute Gasteiger partial charge is 0.326 e. The Morgan fingerprint density at radius 2 is 2.08 bits per heavy atom. The molecule has 0 fully saturated rings. The van der Waals surface area contributed by atoms with Crippen LogP contribution in [0.15, 0.2) is 23.2 Å². The molecule has 26 heavy (non-hydrogen) atoms. The predicted molar refractivity (Wildman–Crippen MR) is 103 cm³/mol. The maximum atomic E-state index is 12.6. The molecule has 0 bridgehead atoms. The quantitative estimate of drug-likeness (QED) is 0.615. The third-order valence-corrected chi connectivity index (χ3v) is 5.87. The van der Waals surface area contributed by atoms with Crippen molar-refractivity contribution in [3.63, 3.8) is 0 Å². The molecule has 1 aromatic carbocycles. The molecule has 1 amide bonds. The summed E-state index contributed by atoms with van der Waals surface area (Å²) in [5.74, 6) is -0.760. The summed E-state index contributed by atoms with van der Waals surface area (Å²) >= 11 is 8.67. The summed E-state index contributed by atoms with van der Waals surface area (Å²) in [7, 11) is 0. The SMILES string of the molecule is CCOC(=O)Cn1c(=NC(=O)c2sc(C)nc2C)sc2cc(Cl)ccc21. The van der Waals surface area contributed by atoms with Crippen LogP contribution in [0, 0.1) is 13.8 Å². The number of aryl methyl sites for hydroxylation is 2. The molecule has 0 N–H and O–H groups in total. The van der Waals surface area contributed by atoms with Crippen molar-refractivity contribution in [3.05, 3.63) is 43.6 Å². The fourth-order valence-corrected chi connectivity index (χ4v) is 4.60. The van der Waals surface area contributed by atoms with Gasteiger partial charge in [0.2, 0.25) is 0 Å². The van der Waals surface area contributed by atoms with E-state index in [1.54, 1.807) is 36.6 Å². The van der Waals surface area contributed by atoms with Gasteiger partial charge in [-0.3, -0.25) is 9.59 Å². The van der Waals surface area contributed by atoms with Crippen LogP contribution in [0.25, 0.3) is 10.2 Å². The Labute approximate surface area is 162 Å². The highest BCUT2D eigenvalue weighted by Gasteiger charge is 2.16. The number of esters is 1. The molecule has 2 heterocycles. The van der Waals surface area contributed by atoms with E-state index in [4.69, 9.17) is 16.3 Å². The molecule has 0 unspecified atom stereocenters. The summed E-state index contributed by atoms with van der Waals surface area (Å²) in [6, 6.07) is 5.33. The van der Waals surface area contributed by atoms with E-state index < -0.39 is 0 Å². The van der Waals surface area contributed by atoms with Crippen molar-refractivity contribution in [2.45, 2.75) is 27.3 Å². The van der Waals surface area contributed by atoms with Crippen molar-refractivity contribution < 1.29 is 14.3 Å². The zero-order valence-corrected chi connectivity index (χ0v) is 16.8. The Kier molecular flexibility index (Phi) is 5.55. The molecule has 9 heteroatoms. The summed E-state index contributed by atoms with van der Waals surface area (Å²) in [6.45, 7) is 5.64. The maximum Gasteiger partial charge on any atom is 0.326 e. The van der Waals surface area contributed by atoms with Crippen LogP contribution >= 0.6 is 34.3 Å². The Morgan fingerprint density at radius 1 is 1.31 bits per heavy atom. The molecule has 0 aliphatic carbocycles. The molecule has 6 nitrogen and oxygen atoms in total. The van der Waals surface area contributed by atoms with E-state index in [1.807, 2.05) is 6.92 Å². The number of thiazole rings is 2. The number of amides is 1. The van der Waals surface area contributed by atoms with Gasteiger partial charge in [0, 0.05) is 5.02 Å². The van der Waals surface area contributed by atoms with Crippen molar-refractivity contribution in [1.29, 1.82) is 0 Å². The lowest BCUT2D eigenvalue weighted by Crippen LogP contribution is -2.23. The number of ether oxygens (including phenoxy) is 1. The minimum absolute atomic E-state index is 0.0255. The molecule has 0 spiro atoms. The van der Waals surface area contributed by atoms with Crippen molar-refractivity contribution >= 4 is 56.4 Å². The van der Waals surface area contributed by atoms with Gasteiger partial charge in [-0.2, -0.15) is 4.99 Å². The predicted octanol–water partition coefficient (Wildman–Crippen LogP) is 3.73. The number of carbonyl (C=O) groups excluding carboxylic acids is 2. The number of carbonyl (C=O) groups is 2. The number of rotatable bonds is 4. The number of halogens is 1. The van der Waals surface area contributed by atoms with Gasteiger partial charge in [-0.1, -0.05) is 22.9 Å². The van der Waals surface area contributed by atoms with Gasteiger partial charge in [-0.25, -0.2) is 4.98 Å². The maximum absolute atomic E-state index is 12.6. The minimum Gasteiger partial charge on any atom is -0.465 e. The molecular weight excluding hydrogens is 394 g/mol. The highest BCUT2D eigenvalue weighted by Crippen LogP contribution is 2.23. The van der Waals surface area contributed by atoms with E-state index in [0.717, 1.165) is 15.2 Å². The standard InChI is InChI=1S/C17H16ClN3O3S2/c1-4-24-14(22)8-21-12-6-5-11(18)7-13(12)26-17(21)20-16(23)15-9(2)19-10(3)25-15/h5-7H,4,8H2,1-3H3. The van der Waals surface area contributed by atoms with Gasteiger partial charge < -0.3 is 9.30 Å². The van der Waals surface area contributed by atoms with Gasteiger partial charge >= 0.3 is 5.97 Å². The lowest BCUT2D eigenvalue weighted by molar-refractivity contribution is -0.143. The first-order chi connectivity index (χ1) is 12.4. The van der Waals surface area contributed by atoms with Crippen LogP contribution in [0.2, 0.25) is 5.02 Å². The second-order valence-corrected chi connectivity index (χ2v) is 8.10. The lowest BCUT2D eigenvalue weighted by Gasteiger charge is -2.05. The summed E-state index contributed by atoms with van der Waals surface area (Å²) in [5, 5.41) is 1.39. The Morgan fingerprint density at radius 3 is 2.73 bits per heavy atom. The second-order valence-electron chi connectivity index (χ2n) is 5.45. The molecule has 136 valence electrons. The van der Waals surface area contributed by atoms with Crippen LogP contribution in [0.5, 0.6) is 0 Å². The van der Waals surface area contributed by atoms with Crippen LogP contribution < -0.4 is 4.80 Å². The van der Waals surface area contributed by atoms with Gasteiger partial charge in [0.25, 0.3) is 5.91 Å². The number of fused-ring (bicyclic) bond motifs is 1. The molecule has 0 radical (unpaired) electrons. The highest BCUT2D eigenvalue weighted by molar-refractivity contribution is 7.16. The molecule has 0 aliphatic heterocycles. The van der Waals surface area contributed by atoms with Crippen molar-refractivity contribution in [2.24, 2.45) is 4.99 Å². The first kappa shape index (κ1) is 18.8. The number of benzene rings is 1. The summed E-state index contributed by atoms with van der Waals surface area (Å²) < 4.78 is 7.55. The molecule has 3 rings (SSSR count). The fourth-order valence-electron chi connectivity index (χ4n) is 2.49. The summed E-state index contributed by atoms with van der Waals surface area (Å²) in [4.78, 5) is 34.0. The van der Waals surface area contributed by atoms with Crippen LogP contribution in [-0.4, -0.2) is 28.0 Å². The van der Waals surface area contributed by atoms with Gasteiger partial charge in [-0.05, 0) is 39.0 Å². The Bertz CT molecular complexity index is 1070. The van der Waals surface area contributed by atoms with Gasteiger partial charge in [0.15, 0.2) is 4.80 Å². The minimum atomic E-state index is -0.388. The normalized spacial score (nSPS) is 11.9. The van der Waals surface area contributed by atoms with Crippen LogP contribution in [0.1, 0.15) is 27.3 Å². The Hall–Kier alpha value is -2.03. The number of hydrogen-bond acceptors (Lipinski definition) is 6. The first-order valence-electron chi connectivity index (χ1n) is 7.86. The molecule has 0 aliphatic rings. The van der Waals surface area contributed by atoms with Crippen molar-refractivity contribution in [3.8, 4) is 0 Å². The van der Waals surface area contributed by atoms with Gasteiger partial charge in [0.1, 0.15) is 11.4 Å². The fraction of sp³-hybridized carbons (Fsp3) is 0.294. The topological polar surface area (TPSA) is 73.6 Å². The van der Waals surface area contributed by atoms with Crippen molar-refractivity contribution in [1.82, 2.24) is 9.55 Å². The molecule has 0 atom stereocenters. The van der Waals surface area contributed by atoms with E-state index in [2.05, 4.69) is 9.98 Å². The molecule has 0 saturated carbocycles. The monoisotopic (exact) mass is 409 g/mol. The molecule has 3 aromatic rings. The van der Waals surface area contributed by atoms with E-state index in [9.17, 15) is 9.59 Å². The van der Waals surface area contributed by atoms with Crippen molar-refractivity contribution in [2.75, 3.05) is 6.61 Å². The summed E-state index contributed by atoms with van der Waals surface area (Å²) in [6.07, 6.45) is 0. The van der Waals surface area contributed by atoms with E-state index in [0.29, 0.717) is 20.4 Å². The highest BCUT2D eigenvalue weighted by atomic mass is 35.5. The zero-order chi connectivity index (χ0) is 18.8. The largest absolute Gasteiger partial charge is 0.465 e. The third kappa shape index (κ3) is 3.87. The number of aromatic nitrogens is 2. The second kappa shape index (κ2) is 7.69. The lowest BCUT2D eigenvalue weighted by atomic mass is 10.3. The van der Waals surface area contributed by atoms with Crippen LogP contribution in [0.3, 0.4) is 0 Å². The first-order valence-corrected chi connectivity index (χ1v) is 9.87. The average molecular weight is 410 g/mol. The van der Waals surface area contributed by atoms with E-state index in [1.165, 1.54) is 22.7 Å². The zero-order valence-electron chi connectivity index (χ0n) is 14.4. The average Bonchev–Trinajstić information content (AvgIpc) is 3.07. The molecule has 2 aromatic heterocycles. The van der Waals surface area contributed by atoms with Crippen LogP contribution in [-0.2, 0) is 16.1 Å². The van der Waals surface area contributed by atoms with Gasteiger partial charge in [0.05, 0.1) is 27.5 Å². The van der Waals surface area contributed by atoms with Crippen LogP contribution in [0.4, 0.5) is 0 Å². The number of nitrogens with zero attached hydrogens (tertiary/aromatic N) is 3. The molecular formula is C17H16ClN3O3S2. The number of hydrogen-bond donors (Lipinski definition) is 0. The van der Waals surface area contributed by atoms with E-state index in [-0.39, 0.29) is 25.0 Å². The van der Waals surface area contributed by atoms with E-state index >= 15 is 0 Å². The summed E-state index contributed by atoms with van der Waals surface area (Å²) in [5.41, 5.74) is 1.43. The van der Waals surface area contributed by atoms with Gasteiger partial charge in [-0.15, -0.1) is 11.3 Å². The third-order valence-electron chi connectivity index (χ3n) is 3.53.